The average molecular weight is 365 g/mol. The smallest absolute Gasteiger partial charge is 0.285 e. The monoisotopic (exact) mass is 364 g/mol. The van der Waals surface area contributed by atoms with Crippen molar-refractivity contribution in [3.63, 3.8) is 0 Å². The molecule has 0 aliphatic heterocycles. The van der Waals surface area contributed by atoms with Crippen LogP contribution in [-0.2, 0) is 14.2 Å². The van der Waals surface area contributed by atoms with Gasteiger partial charge in [0, 0.05) is 31.5 Å². The van der Waals surface area contributed by atoms with Gasteiger partial charge < -0.3 is 18.8 Å². The first-order valence-corrected chi connectivity index (χ1v) is 10.8. The van der Waals surface area contributed by atoms with E-state index in [4.69, 9.17) is 18.8 Å². The van der Waals surface area contributed by atoms with Gasteiger partial charge >= 0.3 is 0 Å². The summed E-state index contributed by atoms with van der Waals surface area (Å²) >= 11 is 0.909. The van der Waals surface area contributed by atoms with E-state index < -0.39 is 5.97 Å². The third-order valence-electron chi connectivity index (χ3n) is 4.23. The van der Waals surface area contributed by atoms with Gasteiger partial charge in [-0.15, -0.1) is 0 Å². The van der Waals surface area contributed by atoms with Crippen LogP contribution in [0.25, 0.3) is 0 Å². The predicted octanol–water partition coefficient (Wildman–Crippen LogP) is 6.10. The molecule has 0 amide bonds. The van der Waals surface area contributed by atoms with E-state index in [2.05, 4.69) is 6.92 Å². The Morgan fingerprint density at radius 1 is 0.750 bits per heavy atom. The summed E-state index contributed by atoms with van der Waals surface area (Å²) in [6.45, 7) is 9.91. The molecular weight excluding hydrogens is 324 g/mol. The van der Waals surface area contributed by atoms with Gasteiger partial charge in [0.15, 0.2) is 0 Å². The van der Waals surface area contributed by atoms with Gasteiger partial charge in [0.2, 0.25) is 0 Å². The van der Waals surface area contributed by atoms with Crippen molar-refractivity contribution in [3.05, 3.63) is 0 Å². The molecule has 0 saturated heterocycles. The second-order valence-electron chi connectivity index (χ2n) is 6.13. The normalized spacial score (nSPS) is 13.4. The van der Waals surface area contributed by atoms with E-state index in [0.717, 1.165) is 37.1 Å². The fourth-order valence-electron chi connectivity index (χ4n) is 3.15. The zero-order valence-corrected chi connectivity index (χ0v) is 17.2. The number of unbranched alkanes of at least 4 members (excludes halogenated alkanes) is 5. The van der Waals surface area contributed by atoms with Crippen LogP contribution in [0.3, 0.4) is 0 Å². The van der Waals surface area contributed by atoms with Crippen LogP contribution in [0.4, 0.5) is 0 Å². The van der Waals surface area contributed by atoms with Crippen molar-refractivity contribution in [1.29, 1.82) is 0 Å². The van der Waals surface area contributed by atoms with Gasteiger partial charge in [-0.3, -0.25) is 0 Å². The van der Waals surface area contributed by atoms with E-state index >= 15 is 0 Å². The van der Waals surface area contributed by atoms with E-state index in [-0.39, 0.29) is 5.92 Å². The van der Waals surface area contributed by atoms with Gasteiger partial charge in [-0.1, -0.05) is 45.4 Å². The summed E-state index contributed by atoms with van der Waals surface area (Å²) in [5.41, 5.74) is 0. The average Bonchev–Trinajstić information content (AvgIpc) is 2.57. The van der Waals surface area contributed by atoms with Crippen LogP contribution in [0.5, 0.6) is 0 Å². The zero-order valence-electron chi connectivity index (χ0n) is 16.3. The lowest BCUT2D eigenvalue weighted by atomic mass is 9.93. The zero-order chi connectivity index (χ0) is 18.1. The minimum Gasteiger partial charge on any atom is -0.330 e. The molecule has 0 fully saturated rings. The molecule has 1 N–H and O–H groups in total. The van der Waals surface area contributed by atoms with Crippen molar-refractivity contribution in [2.45, 2.75) is 91.5 Å². The minimum absolute atomic E-state index is 0.204. The second-order valence-corrected chi connectivity index (χ2v) is 6.80. The summed E-state index contributed by atoms with van der Waals surface area (Å²) < 4.78 is 27.0. The molecule has 0 aromatic rings. The number of rotatable bonds is 18. The van der Waals surface area contributed by atoms with Crippen molar-refractivity contribution in [3.8, 4) is 0 Å². The Balaban J connectivity index is 4.74. The minimum atomic E-state index is -0.929. The molecule has 0 aromatic heterocycles. The molecule has 4 nitrogen and oxygen atoms in total. The van der Waals surface area contributed by atoms with E-state index in [9.17, 15) is 0 Å². The third kappa shape index (κ3) is 10.2. The summed E-state index contributed by atoms with van der Waals surface area (Å²) in [5, 5.41) is 0. The molecular formula is C19H40O4S. The fourth-order valence-corrected chi connectivity index (χ4v) is 3.44. The molecule has 0 radical (unpaired) electrons. The van der Waals surface area contributed by atoms with E-state index in [1.54, 1.807) is 0 Å². The molecule has 1 unspecified atom stereocenters. The first kappa shape index (κ1) is 24.2. The highest BCUT2D eigenvalue weighted by molar-refractivity contribution is 7.93. The number of ether oxygens (including phenoxy) is 3. The van der Waals surface area contributed by atoms with Gasteiger partial charge in [0.25, 0.3) is 5.97 Å². The molecule has 5 heteroatoms. The topological polar surface area (TPSA) is 47.9 Å². The van der Waals surface area contributed by atoms with Crippen LogP contribution in [0, 0.1) is 5.92 Å². The summed E-state index contributed by atoms with van der Waals surface area (Å²) in [5.74, 6) is 0.0191. The molecule has 0 bridgehead atoms. The SMILES string of the molecule is CCCCCCCCC(CCCSO)C(OCC)(OCC)OCC. The van der Waals surface area contributed by atoms with Crippen molar-refractivity contribution in [2.24, 2.45) is 5.92 Å². The largest absolute Gasteiger partial charge is 0.330 e. The van der Waals surface area contributed by atoms with Crippen LogP contribution >= 0.6 is 12.0 Å². The highest BCUT2D eigenvalue weighted by Crippen LogP contribution is 2.34. The quantitative estimate of drug-likeness (QED) is 0.181. The van der Waals surface area contributed by atoms with Crippen molar-refractivity contribution in [2.75, 3.05) is 25.6 Å². The Morgan fingerprint density at radius 2 is 1.25 bits per heavy atom. The van der Waals surface area contributed by atoms with Gasteiger partial charge in [0.05, 0.1) is 0 Å². The lowest BCUT2D eigenvalue weighted by molar-refractivity contribution is -0.403. The Labute approximate surface area is 154 Å². The molecule has 0 rings (SSSR count). The van der Waals surface area contributed by atoms with E-state index in [0.29, 0.717) is 19.8 Å². The molecule has 0 aromatic carbocycles. The lowest BCUT2D eigenvalue weighted by Crippen LogP contribution is -2.46. The van der Waals surface area contributed by atoms with Crippen LogP contribution in [0.15, 0.2) is 0 Å². The van der Waals surface area contributed by atoms with Crippen molar-refractivity contribution in [1.82, 2.24) is 0 Å². The molecule has 0 saturated carbocycles. The molecule has 0 spiro atoms. The maximum absolute atomic E-state index is 9.01. The maximum Gasteiger partial charge on any atom is 0.285 e. The molecule has 1 atom stereocenters. The molecule has 0 heterocycles. The van der Waals surface area contributed by atoms with Gasteiger partial charge in [-0.25, -0.2) is 0 Å². The summed E-state index contributed by atoms with van der Waals surface area (Å²) in [6.07, 6.45) is 10.6. The van der Waals surface area contributed by atoms with Gasteiger partial charge in [0.1, 0.15) is 0 Å². The van der Waals surface area contributed by atoms with Gasteiger partial charge in [-0.2, -0.15) is 0 Å². The summed E-state index contributed by atoms with van der Waals surface area (Å²) in [4.78, 5) is 0. The standard InChI is InChI=1S/C19H40O4S/c1-5-9-10-11-12-13-15-18(16-14-17-24-20)19(21-6-2,22-7-3)23-8-4/h18,20H,5-17H2,1-4H3. The Morgan fingerprint density at radius 3 is 1.75 bits per heavy atom. The fraction of sp³-hybridized carbons (Fsp3) is 1.00. The number of hydrogen-bond acceptors (Lipinski definition) is 5. The molecule has 24 heavy (non-hydrogen) atoms. The highest BCUT2D eigenvalue weighted by atomic mass is 32.2. The molecule has 0 aliphatic carbocycles. The van der Waals surface area contributed by atoms with Crippen LogP contribution in [0.1, 0.15) is 85.5 Å². The summed E-state index contributed by atoms with van der Waals surface area (Å²) in [7, 11) is 0. The van der Waals surface area contributed by atoms with Crippen LogP contribution in [-0.4, -0.2) is 36.1 Å². The van der Waals surface area contributed by atoms with Crippen LogP contribution in [0.2, 0.25) is 0 Å². The van der Waals surface area contributed by atoms with Crippen molar-refractivity contribution < 1.29 is 18.8 Å². The molecule has 0 aliphatic rings. The van der Waals surface area contributed by atoms with Gasteiger partial charge in [-0.05, 0) is 52.1 Å². The maximum atomic E-state index is 9.01. The Bertz CT molecular complexity index is 247. The first-order chi connectivity index (χ1) is 11.7. The Hall–Kier alpha value is 0.190. The lowest BCUT2D eigenvalue weighted by Gasteiger charge is -2.39. The van der Waals surface area contributed by atoms with Crippen molar-refractivity contribution >= 4 is 12.0 Å². The Kier molecular flexibility index (Phi) is 16.8. The highest BCUT2D eigenvalue weighted by Gasteiger charge is 2.41. The predicted molar refractivity (Wildman–Crippen MR) is 103 cm³/mol. The van der Waals surface area contributed by atoms with E-state index in [1.165, 1.54) is 38.5 Å². The third-order valence-corrected chi connectivity index (χ3v) is 4.70. The number of hydrogen-bond donors (Lipinski definition) is 1. The van der Waals surface area contributed by atoms with E-state index in [1.807, 2.05) is 20.8 Å². The summed E-state index contributed by atoms with van der Waals surface area (Å²) in [6, 6.07) is 0. The van der Waals surface area contributed by atoms with Crippen LogP contribution < -0.4 is 0 Å². The molecule has 146 valence electrons. The first-order valence-electron chi connectivity index (χ1n) is 9.88. The second kappa shape index (κ2) is 16.6.